The number of benzene rings is 1. The van der Waals surface area contributed by atoms with Gasteiger partial charge in [0.1, 0.15) is 11.6 Å². The van der Waals surface area contributed by atoms with Crippen molar-refractivity contribution in [1.29, 1.82) is 0 Å². The molecule has 1 aromatic rings. The maximum Gasteiger partial charge on any atom is 0.123 e. The topological polar surface area (TPSA) is 41.7 Å². The highest BCUT2D eigenvalue weighted by atomic mass is 19.1. The first kappa shape index (κ1) is 15.2. The lowest BCUT2D eigenvalue weighted by molar-refractivity contribution is 0.104. The van der Waals surface area contributed by atoms with E-state index in [1.165, 1.54) is 12.1 Å². The second kappa shape index (κ2) is 6.52. The van der Waals surface area contributed by atoms with Crippen molar-refractivity contribution >= 4 is 0 Å². The van der Waals surface area contributed by atoms with Crippen LogP contribution in [-0.4, -0.2) is 56.7 Å². The highest BCUT2D eigenvalue weighted by Crippen LogP contribution is 2.28. The summed E-state index contributed by atoms with van der Waals surface area (Å²) in [6.07, 6.45) is 0.792. The maximum atomic E-state index is 13.4. The molecule has 0 aliphatic carbocycles. The van der Waals surface area contributed by atoms with E-state index in [1.807, 2.05) is 0 Å². The van der Waals surface area contributed by atoms with Crippen molar-refractivity contribution in [3.05, 3.63) is 29.6 Å². The van der Waals surface area contributed by atoms with Gasteiger partial charge >= 0.3 is 0 Å². The van der Waals surface area contributed by atoms with E-state index in [9.17, 15) is 4.39 Å². The van der Waals surface area contributed by atoms with E-state index in [-0.39, 0.29) is 11.9 Å². The molecule has 112 valence electrons. The predicted octanol–water partition coefficient (Wildman–Crippen LogP) is 1.47. The van der Waals surface area contributed by atoms with Crippen LogP contribution in [0.1, 0.15) is 18.0 Å². The lowest BCUT2D eigenvalue weighted by Gasteiger charge is -2.39. The Morgan fingerprint density at radius 2 is 2.15 bits per heavy atom. The van der Waals surface area contributed by atoms with Gasteiger partial charge in [-0.25, -0.2) is 4.39 Å². The summed E-state index contributed by atoms with van der Waals surface area (Å²) >= 11 is 0. The van der Waals surface area contributed by atoms with Crippen LogP contribution in [0, 0.1) is 5.82 Å². The van der Waals surface area contributed by atoms with Crippen molar-refractivity contribution in [2.75, 3.05) is 40.8 Å². The molecule has 1 saturated heterocycles. The summed E-state index contributed by atoms with van der Waals surface area (Å²) in [5.74, 6) is 0.385. The summed E-state index contributed by atoms with van der Waals surface area (Å²) in [5.41, 5.74) is 7.03. The van der Waals surface area contributed by atoms with E-state index in [4.69, 9.17) is 10.5 Å². The van der Waals surface area contributed by atoms with Gasteiger partial charge in [-0.1, -0.05) is 0 Å². The second-order valence-corrected chi connectivity index (χ2v) is 5.63. The summed E-state index contributed by atoms with van der Waals surface area (Å²) in [6.45, 7) is 3.10. The van der Waals surface area contributed by atoms with Crippen LogP contribution in [0.4, 0.5) is 4.39 Å². The number of piperazine rings is 1. The number of halogens is 1. The Bertz CT molecular complexity index is 455. The number of hydrogen-bond donors (Lipinski definition) is 1. The zero-order valence-electron chi connectivity index (χ0n) is 12.5. The fourth-order valence-corrected chi connectivity index (χ4v) is 2.77. The Kier molecular flexibility index (Phi) is 4.96. The monoisotopic (exact) mass is 281 g/mol. The Morgan fingerprint density at radius 1 is 1.40 bits per heavy atom. The number of likely N-dealkylation sites (N-methyl/N-ethyl adjacent to an activating group) is 2. The van der Waals surface area contributed by atoms with Gasteiger partial charge in [0, 0.05) is 37.3 Å². The van der Waals surface area contributed by atoms with Crippen molar-refractivity contribution in [3.8, 4) is 5.75 Å². The molecular formula is C15H24FN3O. The first-order valence-corrected chi connectivity index (χ1v) is 6.99. The molecule has 1 fully saturated rings. The molecule has 2 N–H and O–H groups in total. The Balaban J connectivity index is 2.11. The Hall–Kier alpha value is -1.17. The second-order valence-electron chi connectivity index (χ2n) is 5.63. The van der Waals surface area contributed by atoms with Gasteiger partial charge in [-0.2, -0.15) is 0 Å². The number of nitrogens with two attached hydrogens (primary N) is 1. The fraction of sp³-hybridized carbons (Fsp3) is 0.600. The largest absolute Gasteiger partial charge is 0.496 e. The standard InChI is InChI=1S/C15H24FN3O/c1-18-6-7-19(2)12(10-18)9-14(17)13-8-11(16)4-5-15(13)20-3/h4-5,8,12,14H,6-7,9-10,17H2,1-3H3. The van der Waals surface area contributed by atoms with E-state index in [2.05, 4.69) is 23.9 Å². The summed E-state index contributed by atoms with van der Waals surface area (Å²) in [4.78, 5) is 4.63. The van der Waals surface area contributed by atoms with Crippen molar-refractivity contribution in [1.82, 2.24) is 9.80 Å². The summed E-state index contributed by atoms with van der Waals surface area (Å²) in [5, 5.41) is 0. The molecular weight excluding hydrogens is 257 g/mol. The molecule has 1 aromatic carbocycles. The number of ether oxygens (including phenoxy) is 1. The van der Waals surface area contributed by atoms with Crippen molar-refractivity contribution in [2.24, 2.45) is 5.73 Å². The van der Waals surface area contributed by atoms with Crippen LogP contribution in [0.5, 0.6) is 5.75 Å². The van der Waals surface area contributed by atoms with Crippen molar-refractivity contribution in [2.45, 2.75) is 18.5 Å². The summed E-state index contributed by atoms with van der Waals surface area (Å²) in [7, 11) is 5.82. The minimum absolute atomic E-state index is 0.223. The molecule has 0 spiro atoms. The van der Waals surface area contributed by atoms with Gasteiger partial charge in [0.25, 0.3) is 0 Å². The van der Waals surface area contributed by atoms with E-state index in [0.717, 1.165) is 31.6 Å². The fourth-order valence-electron chi connectivity index (χ4n) is 2.77. The molecule has 5 heteroatoms. The van der Waals surface area contributed by atoms with Crippen molar-refractivity contribution in [3.63, 3.8) is 0 Å². The Morgan fingerprint density at radius 3 is 2.85 bits per heavy atom. The van der Waals surface area contributed by atoms with Gasteiger partial charge in [-0.05, 0) is 38.7 Å². The van der Waals surface area contributed by atoms with Crippen LogP contribution in [-0.2, 0) is 0 Å². The number of rotatable bonds is 4. The zero-order valence-corrected chi connectivity index (χ0v) is 12.5. The molecule has 1 aliphatic heterocycles. The SMILES string of the molecule is COc1ccc(F)cc1C(N)CC1CN(C)CCN1C. The highest BCUT2D eigenvalue weighted by molar-refractivity contribution is 5.36. The number of hydrogen-bond acceptors (Lipinski definition) is 4. The van der Waals surface area contributed by atoms with Gasteiger partial charge in [0.05, 0.1) is 7.11 Å². The Labute approximate surface area is 120 Å². The number of methoxy groups -OCH3 is 1. The lowest BCUT2D eigenvalue weighted by atomic mass is 9.97. The minimum atomic E-state index is -0.273. The normalized spacial score (nSPS) is 22.8. The third-order valence-corrected chi connectivity index (χ3v) is 4.10. The molecule has 1 aliphatic rings. The molecule has 4 nitrogen and oxygen atoms in total. The first-order chi connectivity index (χ1) is 9.51. The first-order valence-electron chi connectivity index (χ1n) is 6.99. The molecule has 0 amide bonds. The van der Waals surface area contributed by atoms with Gasteiger partial charge in [0.15, 0.2) is 0 Å². The van der Waals surface area contributed by atoms with Crippen LogP contribution >= 0.6 is 0 Å². The van der Waals surface area contributed by atoms with Crippen LogP contribution in [0.15, 0.2) is 18.2 Å². The minimum Gasteiger partial charge on any atom is -0.496 e. The zero-order chi connectivity index (χ0) is 14.7. The molecule has 2 unspecified atom stereocenters. The van der Waals surface area contributed by atoms with Crippen LogP contribution < -0.4 is 10.5 Å². The molecule has 0 bridgehead atoms. The quantitative estimate of drug-likeness (QED) is 0.907. The van der Waals surface area contributed by atoms with Crippen LogP contribution in [0.3, 0.4) is 0 Å². The maximum absolute atomic E-state index is 13.4. The molecule has 0 saturated carbocycles. The molecule has 0 aromatic heterocycles. The third kappa shape index (κ3) is 3.48. The summed E-state index contributed by atoms with van der Waals surface area (Å²) in [6, 6.07) is 4.68. The van der Waals surface area contributed by atoms with E-state index >= 15 is 0 Å². The number of nitrogens with zero attached hydrogens (tertiary/aromatic N) is 2. The van der Waals surface area contributed by atoms with Gasteiger partial charge in [0.2, 0.25) is 0 Å². The van der Waals surface area contributed by atoms with Crippen molar-refractivity contribution < 1.29 is 9.13 Å². The third-order valence-electron chi connectivity index (χ3n) is 4.10. The van der Waals surface area contributed by atoms with E-state index < -0.39 is 0 Å². The van der Waals surface area contributed by atoms with Gasteiger partial charge in [-0.15, -0.1) is 0 Å². The molecule has 2 atom stereocenters. The van der Waals surface area contributed by atoms with E-state index in [1.54, 1.807) is 13.2 Å². The average molecular weight is 281 g/mol. The average Bonchev–Trinajstić information content (AvgIpc) is 2.42. The molecule has 0 radical (unpaired) electrons. The van der Waals surface area contributed by atoms with Gasteiger partial charge < -0.3 is 20.3 Å². The van der Waals surface area contributed by atoms with Crippen LogP contribution in [0.25, 0.3) is 0 Å². The van der Waals surface area contributed by atoms with Gasteiger partial charge in [-0.3, -0.25) is 0 Å². The van der Waals surface area contributed by atoms with Crippen LogP contribution in [0.2, 0.25) is 0 Å². The molecule has 1 heterocycles. The smallest absolute Gasteiger partial charge is 0.123 e. The van der Waals surface area contributed by atoms with E-state index in [0.29, 0.717) is 11.8 Å². The molecule has 2 rings (SSSR count). The summed E-state index contributed by atoms with van der Waals surface area (Å²) < 4.78 is 18.7. The highest BCUT2D eigenvalue weighted by Gasteiger charge is 2.25. The lowest BCUT2D eigenvalue weighted by Crippen LogP contribution is -2.50. The molecule has 20 heavy (non-hydrogen) atoms. The predicted molar refractivity (Wildman–Crippen MR) is 78.4 cm³/mol.